The Labute approximate surface area is 189 Å². The van der Waals surface area contributed by atoms with Gasteiger partial charge in [0.25, 0.3) is 0 Å². The first kappa shape index (κ1) is 22.6. The zero-order chi connectivity index (χ0) is 22.4. The Morgan fingerprint density at radius 1 is 1.29 bits per heavy atom. The number of aryl methyl sites for hydroxylation is 1. The van der Waals surface area contributed by atoms with E-state index in [0.29, 0.717) is 25.9 Å². The molecule has 1 aromatic carbocycles. The zero-order valence-corrected chi connectivity index (χ0v) is 19.0. The van der Waals surface area contributed by atoms with Gasteiger partial charge in [-0.05, 0) is 40.5 Å². The summed E-state index contributed by atoms with van der Waals surface area (Å²) < 4.78 is 19.1. The molecule has 0 spiro atoms. The number of carbonyl (C=O) groups excluding carboxylic acids is 2. The molecule has 0 radical (unpaired) electrons. The van der Waals surface area contributed by atoms with Crippen LogP contribution in [0.5, 0.6) is 5.88 Å². The van der Waals surface area contributed by atoms with Gasteiger partial charge in [0, 0.05) is 26.0 Å². The van der Waals surface area contributed by atoms with Crippen LogP contribution in [0.1, 0.15) is 17.0 Å². The molecule has 2 N–H and O–H groups in total. The molecule has 2 heterocycles. The second-order valence-corrected chi connectivity index (χ2v) is 8.66. The number of ether oxygens (including phenoxy) is 1. The van der Waals surface area contributed by atoms with E-state index in [9.17, 15) is 14.0 Å². The molecule has 0 aliphatic heterocycles. The van der Waals surface area contributed by atoms with Crippen molar-refractivity contribution in [1.82, 2.24) is 25.2 Å². The Bertz CT molecular complexity index is 1100. The fourth-order valence-electron chi connectivity index (χ4n) is 2.40. The van der Waals surface area contributed by atoms with Gasteiger partial charge in [-0.1, -0.05) is 23.5 Å². The lowest BCUT2D eigenvalue weighted by molar-refractivity contribution is 0.158. The van der Waals surface area contributed by atoms with Gasteiger partial charge in [0.2, 0.25) is 5.88 Å². The molecule has 9 nitrogen and oxygen atoms in total. The number of anilines is 1. The Morgan fingerprint density at radius 3 is 2.81 bits per heavy atom. The summed E-state index contributed by atoms with van der Waals surface area (Å²) in [5.74, 6) is -0.237. The molecular formula is C19H18BrFN6O3S. The fraction of sp³-hybridized carbons (Fsp3) is 0.211. The van der Waals surface area contributed by atoms with Crippen LogP contribution < -0.4 is 15.4 Å². The van der Waals surface area contributed by atoms with Crippen molar-refractivity contribution in [1.29, 1.82) is 0 Å². The van der Waals surface area contributed by atoms with Gasteiger partial charge in [-0.3, -0.25) is 10.3 Å². The standard InChI is InChI=1S/C19H18BrFN6O3S/c1-11-16(23-7-6-22-11)30-19(29)27(2)10-14-15(20)31-18(25-14)26-17(28)24-9-12-4-3-5-13(21)8-12/h3-8H,9-10H2,1-2H3,(H2,24,25,26,28). The van der Waals surface area contributed by atoms with E-state index in [1.54, 1.807) is 26.1 Å². The smallest absolute Gasteiger partial charge is 0.389 e. The van der Waals surface area contributed by atoms with E-state index in [2.05, 4.69) is 41.5 Å². The molecule has 0 atom stereocenters. The van der Waals surface area contributed by atoms with Crippen molar-refractivity contribution < 1.29 is 18.7 Å². The van der Waals surface area contributed by atoms with Crippen molar-refractivity contribution in [3.05, 3.63) is 63.2 Å². The van der Waals surface area contributed by atoms with Crippen LogP contribution in [-0.2, 0) is 13.1 Å². The number of amides is 3. The summed E-state index contributed by atoms with van der Waals surface area (Å²) in [5, 5.41) is 5.59. The number of aromatic nitrogens is 3. The summed E-state index contributed by atoms with van der Waals surface area (Å²) in [4.78, 5) is 38.0. The second-order valence-electron chi connectivity index (χ2n) is 6.35. The number of halogens is 2. The van der Waals surface area contributed by atoms with Crippen molar-refractivity contribution in [2.75, 3.05) is 12.4 Å². The van der Waals surface area contributed by atoms with Crippen LogP contribution in [0.3, 0.4) is 0 Å². The highest BCUT2D eigenvalue weighted by Gasteiger charge is 2.18. The van der Waals surface area contributed by atoms with E-state index in [1.165, 1.54) is 40.8 Å². The Balaban J connectivity index is 1.54. The molecule has 0 fully saturated rings. The molecule has 31 heavy (non-hydrogen) atoms. The molecule has 162 valence electrons. The topological polar surface area (TPSA) is 109 Å². The number of hydrogen-bond donors (Lipinski definition) is 2. The van der Waals surface area contributed by atoms with Gasteiger partial charge in [-0.15, -0.1) is 0 Å². The maximum absolute atomic E-state index is 13.2. The van der Waals surface area contributed by atoms with Crippen LogP contribution >= 0.6 is 27.3 Å². The van der Waals surface area contributed by atoms with Crippen molar-refractivity contribution in [2.24, 2.45) is 0 Å². The first-order chi connectivity index (χ1) is 14.8. The van der Waals surface area contributed by atoms with Crippen LogP contribution in [0.25, 0.3) is 0 Å². The second kappa shape index (κ2) is 10.3. The van der Waals surface area contributed by atoms with Crippen LogP contribution in [-0.4, -0.2) is 39.0 Å². The van der Waals surface area contributed by atoms with Gasteiger partial charge in [-0.2, -0.15) is 0 Å². The molecule has 0 saturated carbocycles. The highest BCUT2D eigenvalue weighted by molar-refractivity contribution is 9.11. The van der Waals surface area contributed by atoms with E-state index in [4.69, 9.17) is 4.74 Å². The molecule has 0 unspecified atom stereocenters. The van der Waals surface area contributed by atoms with Crippen molar-refractivity contribution in [3.8, 4) is 5.88 Å². The fourth-order valence-corrected chi connectivity index (χ4v) is 3.77. The van der Waals surface area contributed by atoms with Gasteiger partial charge in [0.1, 0.15) is 5.82 Å². The maximum Gasteiger partial charge on any atom is 0.416 e. The van der Waals surface area contributed by atoms with Gasteiger partial charge >= 0.3 is 12.1 Å². The van der Waals surface area contributed by atoms with Crippen LogP contribution in [0.4, 0.5) is 19.1 Å². The third-order valence-electron chi connectivity index (χ3n) is 3.93. The minimum atomic E-state index is -0.620. The molecule has 3 amide bonds. The first-order valence-electron chi connectivity index (χ1n) is 8.97. The molecule has 2 aromatic heterocycles. The van der Waals surface area contributed by atoms with E-state index in [0.717, 1.165) is 0 Å². The summed E-state index contributed by atoms with van der Waals surface area (Å²) in [6, 6.07) is 5.47. The lowest BCUT2D eigenvalue weighted by atomic mass is 10.2. The molecule has 0 bridgehead atoms. The largest absolute Gasteiger partial charge is 0.416 e. The van der Waals surface area contributed by atoms with Gasteiger partial charge in [0.05, 0.1) is 21.7 Å². The molecule has 0 aliphatic carbocycles. The van der Waals surface area contributed by atoms with E-state index in [1.807, 2.05) is 0 Å². The number of nitrogens with one attached hydrogen (secondary N) is 2. The molecule has 3 rings (SSSR count). The molecular weight excluding hydrogens is 491 g/mol. The third kappa shape index (κ3) is 6.43. The molecule has 3 aromatic rings. The average molecular weight is 509 g/mol. The number of nitrogens with zero attached hydrogens (tertiary/aromatic N) is 4. The number of urea groups is 1. The average Bonchev–Trinajstić information content (AvgIpc) is 3.06. The zero-order valence-electron chi connectivity index (χ0n) is 16.6. The minimum Gasteiger partial charge on any atom is -0.389 e. The lowest BCUT2D eigenvalue weighted by Crippen LogP contribution is -2.30. The first-order valence-corrected chi connectivity index (χ1v) is 10.6. The van der Waals surface area contributed by atoms with Crippen molar-refractivity contribution >= 4 is 44.5 Å². The number of thiazole rings is 1. The predicted molar refractivity (Wildman–Crippen MR) is 116 cm³/mol. The maximum atomic E-state index is 13.2. The third-order valence-corrected chi connectivity index (χ3v) is 5.68. The molecule has 12 heteroatoms. The number of rotatable bonds is 6. The quantitative estimate of drug-likeness (QED) is 0.518. The van der Waals surface area contributed by atoms with Crippen molar-refractivity contribution in [3.63, 3.8) is 0 Å². The highest BCUT2D eigenvalue weighted by Crippen LogP contribution is 2.29. The SMILES string of the molecule is Cc1nccnc1OC(=O)N(C)Cc1nc(NC(=O)NCc2cccc(F)c2)sc1Br. The minimum absolute atomic E-state index is 0.133. The van der Waals surface area contributed by atoms with Gasteiger partial charge < -0.3 is 15.0 Å². The Kier molecular flexibility index (Phi) is 7.47. The molecule has 0 saturated heterocycles. The summed E-state index contributed by atoms with van der Waals surface area (Å²) in [6.45, 7) is 1.99. The summed E-state index contributed by atoms with van der Waals surface area (Å²) >= 11 is 4.59. The molecule has 0 aliphatic rings. The van der Waals surface area contributed by atoms with Crippen LogP contribution in [0, 0.1) is 12.7 Å². The summed E-state index contributed by atoms with van der Waals surface area (Å²) in [5.41, 5.74) is 1.67. The predicted octanol–water partition coefficient (Wildman–Crippen LogP) is 4.10. The van der Waals surface area contributed by atoms with E-state index in [-0.39, 0.29) is 24.8 Å². The monoisotopic (exact) mass is 508 g/mol. The van der Waals surface area contributed by atoms with Crippen molar-refractivity contribution in [2.45, 2.75) is 20.0 Å². The van der Waals surface area contributed by atoms with Crippen LogP contribution in [0.2, 0.25) is 0 Å². The highest BCUT2D eigenvalue weighted by atomic mass is 79.9. The Morgan fingerprint density at radius 2 is 2.06 bits per heavy atom. The normalized spacial score (nSPS) is 10.5. The number of carbonyl (C=O) groups is 2. The van der Waals surface area contributed by atoms with Crippen LogP contribution in [0.15, 0.2) is 40.4 Å². The van der Waals surface area contributed by atoms with Gasteiger partial charge in [-0.25, -0.2) is 23.9 Å². The summed E-state index contributed by atoms with van der Waals surface area (Å²) in [6.07, 6.45) is 2.32. The lowest BCUT2D eigenvalue weighted by Gasteiger charge is -2.15. The summed E-state index contributed by atoms with van der Waals surface area (Å²) in [7, 11) is 1.55. The van der Waals surface area contributed by atoms with E-state index >= 15 is 0 Å². The number of benzene rings is 1. The van der Waals surface area contributed by atoms with E-state index < -0.39 is 12.1 Å². The van der Waals surface area contributed by atoms with Gasteiger partial charge in [0.15, 0.2) is 5.13 Å². The number of hydrogen-bond acceptors (Lipinski definition) is 7. The Hall–Kier alpha value is -3.12.